The monoisotopic (exact) mass is 348 g/mol. The summed E-state index contributed by atoms with van der Waals surface area (Å²) in [4.78, 5) is 1.36. The average molecular weight is 349 g/mol. The number of nitrogens with zero attached hydrogens (tertiary/aromatic N) is 1. The van der Waals surface area contributed by atoms with Crippen molar-refractivity contribution in [2.45, 2.75) is 20.0 Å². The fraction of sp³-hybridized carbons (Fsp3) is 0.250. The zero-order valence-corrected chi connectivity index (χ0v) is 13.8. The van der Waals surface area contributed by atoms with E-state index in [4.69, 9.17) is 0 Å². The molecule has 2 heterocycles. The van der Waals surface area contributed by atoms with E-state index >= 15 is 0 Å². The molecule has 0 amide bonds. The molecule has 0 fully saturated rings. The Bertz CT molecular complexity index is 714. The minimum atomic E-state index is 0.922. The van der Waals surface area contributed by atoms with Crippen molar-refractivity contribution in [3.63, 3.8) is 0 Å². The van der Waals surface area contributed by atoms with Gasteiger partial charge in [-0.15, -0.1) is 11.3 Å². The minimum Gasteiger partial charge on any atom is -0.342 e. The molecule has 3 aromatic rings. The van der Waals surface area contributed by atoms with E-state index < -0.39 is 0 Å². The van der Waals surface area contributed by atoms with Crippen LogP contribution in [0.15, 0.2) is 46.4 Å². The van der Waals surface area contributed by atoms with Crippen molar-refractivity contribution in [1.29, 1.82) is 0 Å². The van der Waals surface area contributed by atoms with Crippen molar-refractivity contribution in [2.75, 3.05) is 6.54 Å². The van der Waals surface area contributed by atoms with Crippen LogP contribution in [-0.4, -0.2) is 11.1 Å². The van der Waals surface area contributed by atoms with Gasteiger partial charge in [0, 0.05) is 33.0 Å². The van der Waals surface area contributed by atoms with Crippen LogP contribution in [0.2, 0.25) is 0 Å². The first kappa shape index (κ1) is 13.9. The van der Waals surface area contributed by atoms with E-state index in [1.54, 1.807) is 11.3 Å². The zero-order chi connectivity index (χ0) is 13.9. The topological polar surface area (TPSA) is 17.0 Å². The second-order valence-corrected chi connectivity index (χ2v) is 6.63. The molecule has 1 aromatic carbocycles. The molecular formula is C16H17BrN2S. The van der Waals surface area contributed by atoms with Crippen molar-refractivity contribution < 1.29 is 0 Å². The molecule has 0 aliphatic carbocycles. The molecular weight excluding hydrogens is 332 g/mol. The smallest absolute Gasteiger partial charge is 0.0580 e. The maximum Gasteiger partial charge on any atom is 0.0580 e. The highest BCUT2D eigenvalue weighted by molar-refractivity contribution is 9.10. The number of aromatic nitrogens is 1. The molecule has 0 aliphatic rings. The number of nitrogens with one attached hydrogen (secondary N) is 1. The Morgan fingerprint density at radius 2 is 2.10 bits per heavy atom. The van der Waals surface area contributed by atoms with Gasteiger partial charge in [-0.2, -0.15) is 0 Å². The second-order valence-electron chi connectivity index (χ2n) is 4.77. The van der Waals surface area contributed by atoms with Crippen LogP contribution in [0.5, 0.6) is 0 Å². The van der Waals surface area contributed by atoms with Gasteiger partial charge < -0.3 is 9.88 Å². The lowest BCUT2D eigenvalue weighted by Gasteiger charge is -2.03. The lowest BCUT2D eigenvalue weighted by molar-refractivity contribution is 0.725. The largest absolute Gasteiger partial charge is 0.342 e. The van der Waals surface area contributed by atoms with Gasteiger partial charge in [-0.05, 0) is 45.6 Å². The molecule has 4 heteroatoms. The van der Waals surface area contributed by atoms with Gasteiger partial charge in [0.25, 0.3) is 0 Å². The number of fused-ring (bicyclic) bond motifs is 1. The molecule has 0 unspecified atom stereocenters. The molecule has 0 saturated heterocycles. The van der Waals surface area contributed by atoms with E-state index in [1.807, 2.05) is 0 Å². The summed E-state index contributed by atoms with van der Waals surface area (Å²) in [7, 11) is 0. The summed E-state index contributed by atoms with van der Waals surface area (Å²) in [5.74, 6) is 0. The van der Waals surface area contributed by atoms with Crippen LogP contribution in [0.25, 0.3) is 10.9 Å². The molecule has 104 valence electrons. The summed E-state index contributed by atoms with van der Waals surface area (Å²) in [5.41, 5.74) is 2.68. The molecule has 2 nitrogen and oxygen atoms in total. The lowest BCUT2D eigenvalue weighted by Crippen LogP contribution is -2.11. The van der Waals surface area contributed by atoms with Crippen LogP contribution in [0.1, 0.15) is 17.4 Å². The van der Waals surface area contributed by atoms with Crippen molar-refractivity contribution in [3.8, 4) is 0 Å². The van der Waals surface area contributed by atoms with E-state index in [-0.39, 0.29) is 0 Å². The summed E-state index contributed by atoms with van der Waals surface area (Å²) in [6.07, 6.45) is 2.28. The first-order valence-electron chi connectivity index (χ1n) is 6.79. The third-order valence-corrected chi connectivity index (χ3v) is 5.35. The Morgan fingerprint density at radius 3 is 2.85 bits per heavy atom. The third kappa shape index (κ3) is 2.68. The van der Waals surface area contributed by atoms with Gasteiger partial charge in [-0.25, -0.2) is 0 Å². The quantitative estimate of drug-likeness (QED) is 0.711. The number of para-hydroxylation sites is 1. The number of benzene rings is 1. The van der Waals surface area contributed by atoms with Gasteiger partial charge in [-0.1, -0.05) is 25.1 Å². The summed E-state index contributed by atoms with van der Waals surface area (Å²) in [5, 5.41) is 6.90. The van der Waals surface area contributed by atoms with Crippen LogP contribution < -0.4 is 5.32 Å². The van der Waals surface area contributed by atoms with Gasteiger partial charge in [0.05, 0.1) is 6.54 Å². The lowest BCUT2D eigenvalue weighted by atomic mass is 10.2. The van der Waals surface area contributed by atoms with Gasteiger partial charge >= 0.3 is 0 Å². The molecule has 0 atom stereocenters. The van der Waals surface area contributed by atoms with Crippen LogP contribution in [0, 0.1) is 0 Å². The Balaban J connectivity index is 2.00. The van der Waals surface area contributed by atoms with Crippen LogP contribution in [-0.2, 0) is 13.1 Å². The maximum atomic E-state index is 3.62. The molecule has 1 N–H and O–H groups in total. The summed E-state index contributed by atoms with van der Waals surface area (Å²) in [6.45, 7) is 4.98. The van der Waals surface area contributed by atoms with E-state index in [2.05, 4.69) is 74.6 Å². The second kappa shape index (κ2) is 6.12. The fourth-order valence-corrected chi connectivity index (χ4v) is 3.92. The minimum absolute atomic E-state index is 0.922. The zero-order valence-electron chi connectivity index (χ0n) is 11.4. The first-order chi connectivity index (χ1) is 9.79. The molecule has 3 rings (SSSR count). The van der Waals surface area contributed by atoms with E-state index in [9.17, 15) is 0 Å². The molecule has 0 radical (unpaired) electrons. The maximum absolute atomic E-state index is 3.62. The predicted molar refractivity (Wildman–Crippen MR) is 90.4 cm³/mol. The molecule has 0 saturated carbocycles. The van der Waals surface area contributed by atoms with E-state index in [0.29, 0.717) is 0 Å². The summed E-state index contributed by atoms with van der Waals surface area (Å²) in [6, 6.07) is 10.8. The third-order valence-electron chi connectivity index (χ3n) is 3.44. The highest BCUT2D eigenvalue weighted by Gasteiger charge is 2.09. The Labute approximate surface area is 131 Å². The molecule has 20 heavy (non-hydrogen) atoms. The van der Waals surface area contributed by atoms with Crippen molar-refractivity contribution in [1.82, 2.24) is 9.88 Å². The normalized spacial score (nSPS) is 11.3. The van der Waals surface area contributed by atoms with Crippen LogP contribution in [0.3, 0.4) is 0 Å². The standard InChI is InChI=1S/C16H17BrN2S/c1-2-18-9-12-10-19(11-16-14(17)7-8-20-16)15-6-4-3-5-13(12)15/h3-8,10,18H,2,9,11H2,1H3. The van der Waals surface area contributed by atoms with Gasteiger partial charge in [0.15, 0.2) is 0 Å². The van der Waals surface area contributed by atoms with Gasteiger partial charge in [0.1, 0.15) is 0 Å². The Hall–Kier alpha value is -1.10. The number of hydrogen-bond acceptors (Lipinski definition) is 2. The number of thiophene rings is 1. The van der Waals surface area contributed by atoms with Gasteiger partial charge in [-0.3, -0.25) is 0 Å². The van der Waals surface area contributed by atoms with Crippen molar-refractivity contribution in [2.24, 2.45) is 0 Å². The average Bonchev–Trinajstić information content (AvgIpc) is 3.02. The first-order valence-corrected chi connectivity index (χ1v) is 8.46. The van der Waals surface area contributed by atoms with Gasteiger partial charge in [0.2, 0.25) is 0 Å². The molecule has 2 aromatic heterocycles. The van der Waals surface area contributed by atoms with E-state index in [0.717, 1.165) is 19.6 Å². The number of rotatable bonds is 5. The fourth-order valence-electron chi connectivity index (χ4n) is 2.45. The summed E-state index contributed by atoms with van der Waals surface area (Å²) >= 11 is 5.42. The number of hydrogen-bond donors (Lipinski definition) is 1. The molecule has 0 aliphatic heterocycles. The van der Waals surface area contributed by atoms with Crippen molar-refractivity contribution in [3.05, 3.63) is 56.8 Å². The Morgan fingerprint density at radius 1 is 1.25 bits per heavy atom. The van der Waals surface area contributed by atoms with E-state index in [1.165, 1.54) is 25.8 Å². The van der Waals surface area contributed by atoms with Crippen LogP contribution in [0.4, 0.5) is 0 Å². The molecule has 0 bridgehead atoms. The summed E-state index contributed by atoms with van der Waals surface area (Å²) < 4.78 is 3.55. The SMILES string of the molecule is CCNCc1cn(Cc2sccc2Br)c2ccccc12. The van der Waals surface area contributed by atoms with Crippen molar-refractivity contribution >= 4 is 38.2 Å². The van der Waals surface area contributed by atoms with Crippen LogP contribution >= 0.6 is 27.3 Å². The predicted octanol–water partition coefficient (Wildman–Crippen LogP) is 4.62. The molecule has 0 spiro atoms. The highest BCUT2D eigenvalue weighted by atomic mass is 79.9. The highest BCUT2D eigenvalue weighted by Crippen LogP contribution is 2.27. The Kier molecular flexibility index (Phi) is 4.24. The number of halogens is 1.